The highest BCUT2D eigenvalue weighted by atomic mass is 35.5. The highest BCUT2D eigenvalue weighted by Crippen LogP contribution is 2.28. The number of aromatic nitrogens is 1. The predicted octanol–water partition coefficient (Wildman–Crippen LogP) is 5.37. The van der Waals surface area contributed by atoms with E-state index in [0.717, 1.165) is 28.0 Å². The molecule has 2 amide bonds. The van der Waals surface area contributed by atoms with E-state index < -0.39 is 17.6 Å². The number of carbonyl (C=O) groups is 2. The monoisotopic (exact) mass is 487 g/mol. The molecule has 2 aromatic carbocycles. The Kier molecular flexibility index (Phi) is 5.90. The largest absolute Gasteiger partial charge is 0.318 e. The minimum Gasteiger partial charge on any atom is -0.318 e. The van der Waals surface area contributed by atoms with Gasteiger partial charge in [0.1, 0.15) is 11.4 Å². The van der Waals surface area contributed by atoms with Gasteiger partial charge >= 0.3 is 0 Å². The number of nitrogens with zero attached hydrogens (tertiary/aromatic N) is 2. The smallest absolute Gasteiger partial charge is 0.270 e. The molecule has 9 heteroatoms. The van der Waals surface area contributed by atoms with Crippen molar-refractivity contribution in [1.29, 1.82) is 0 Å². The topological polar surface area (TPSA) is 54.3 Å². The lowest BCUT2D eigenvalue weighted by Gasteiger charge is -2.29. The first-order chi connectivity index (χ1) is 15.2. The number of halogens is 3. The molecule has 162 valence electrons. The molecule has 2 heterocycles. The van der Waals surface area contributed by atoms with Gasteiger partial charge in [-0.2, -0.15) is 0 Å². The zero-order valence-electron chi connectivity index (χ0n) is 16.9. The predicted molar refractivity (Wildman–Crippen MR) is 128 cm³/mol. The van der Waals surface area contributed by atoms with Crippen molar-refractivity contribution in [2.75, 3.05) is 4.90 Å². The summed E-state index contributed by atoms with van der Waals surface area (Å²) >= 11 is 17.0. The van der Waals surface area contributed by atoms with Crippen molar-refractivity contribution in [3.8, 4) is 5.69 Å². The molecule has 1 aromatic heterocycles. The summed E-state index contributed by atoms with van der Waals surface area (Å²) in [6.07, 6.45) is 1.52. The van der Waals surface area contributed by atoms with Crippen molar-refractivity contribution in [2.24, 2.45) is 0 Å². The van der Waals surface area contributed by atoms with Crippen molar-refractivity contribution in [3.05, 3.63) is 86.9 Å². The molecule has 32 heavy (non-hydrogen) atoms. The zero-order chi connectivity index (χ0) is 23.2. The number of hydrogen-bond acceptors (Lipinski definition) is 3. The summed E-state index contributed by atoms with van der Waals surface area (Å²) in [5.41, 5.74) is 3.50. The van der Waals surface area contributed by atoms with Crippen LogP contribution < -0.4 is 10.2 Å². The van der Waals surface area contributed by atoms with Gasteiger partial charge in [0.15, 0.2) is 5.11 Å². The normalized spacial score (nSPS) is 15.5. The third-order valence-corrected chi connectivity index (χ3v) is 5.94. The van der Waals surface area contributed by atoms with Crippen LogP contribution in [-0.2, 0) is 9.59 Å². The maximum absolute atomic E-state index is 13.6. The number of anilines is 1. The van der Waals surface area contributed by atoms with E-state index in [9.17, 15) is 14.0 Å². The van der Waals surface area contributed by atoms with Crippen LogP contribution in [0.1, 0.15) is 17.0 Å². The van der Waals surface area contributed by atoms with Gasteiger partial charge in [0.2, 0.25) is 0 Å². The molecule has 3 aromatic rings. The third kappa shape index (κ3) is 3.95. The lowest BCUT2D eigenvalue weighted by Crippen LogP contribution is -2.54. The lowest BCUT2D eigenvalue weighted by molar-refractivity contribution is -0.122. The number of rotatable bonds is 3. The summed E-state index contributed by atoms with van der Waals surface area (Å²) in [5, 5.41) is 2.87. The van der Waals surface area contributed by atoms with Gasteiger partial charge in [0, 0.05) is 22.1 Å². The van der Waals surface area contributed by atoms with Gasteiger partial charge in [-0.05, 0) is 86.2 Å². The maximum atomic E-state index is 13.6. The molecule has 4 rings (SSSR count). The molecule has 1 aliphatic heterocycles. The molecule has 1 saturated heterocycles. The lowest BCUT2D eigenvalue weighted by atomic mass is 10.1. The first-order valence-corrected chi connectivity index (χ1v) is 10.6. The number of carbonyl (C=O) groups excluding carboxylic acids is 2. The van der Waals surface area contributed by atoms with Gasteiger partial charge in [0.05, 0.1) is 10.7 Å². The summed E-state index contributed by atoms with van der Waals surface area (Å²) in [7, 11) is 0. The van der Waals surface area contributed by atoms with Crippen LogP contribution in [0, 0.1) is 19.7 Å². The molecular weight excluding hydrogens is 472 g/mol. The summed E-state index contributed by atoms with van der Waals surface area (Å²) in [4.78, 5) is 26.9. The van der Waals surface area contributed by atoms with Gasteiger partial charge in [-0.3, -0.25) is 19.8 Å². The summed E-state index contributed by atoms with van der Waals surface area (Å²) < 4.78 is 15.6. The summed E-state index contributed by atoms with van der Waals surface area (Å²) in [6, 6.07) is 13.0. The van der Waals surface area contributed by atoms with Crippen molar-refractivity contribution < 1.29 is 14.0 Å². The average molecular weight is 488 g/mol. The Morgan fingerprint density at radius 2 is 1.66 bits per heavy atom. The van der Waals surface area contributed by atoms with Crippen molar-refractivity contribution in [3.63, 3.8) is 0 Å². The van der Waals surface area contributed by atoms with E-state index in [1.807, 2.05) is 36.6 Å². The number of hydrogen-bond donors (Lipinski definition) is 1. The van der Waals surface area contributed by atoms with Gasteiger partial charge in [-0.25, -0.2) is 4.39 Å². The SMILES string of the molecule is Cc1cc(/C=C2/C(=O)NC(=S)N(c3ccc(F)c(Cl)c3)C2=O)c(C)n1-c1ccc(Cl)cc1. The first-order valence-electron chi connectivity index (χ1n) is 9.49. The molecule has 0 radical (unpaired) electrons. The van der Waals surface area contributed by atoms with Crippen LogP contribution in [-0.4, -0.2) is 21.5 Å². The van der Waals surface area contributed by atoms with Crippen LogP contribution in [0.5, 0.6) is 0 Å². The Balaban J connectivity index is 1.76. The minimum atomic E-state index is -0.627. The van der Waals surface area contributed by atoms with Gasteiger partial charge in [-0.15, -0.1) is 0 Å². The van der Waals surface area contributed by atoms with E-state index >= 15 is 0 Å². The Labute approximate surface area is 199 Å². The minimum absolute atomic E-state index is 0.101. The van der Waals surface area contributed by atoms with Gasteiger partial charge in [0.25, 0.3) is 11.8 Å². The zero-order valence-corrected chi connectivity index (χ0v) is 19.3. The van der Waals surface area contributed by atoms with Crippen LogP contribution in [0.3, 0.4) is 0 Å². The van der Waals surface area contributed by atoms with E-state index in [2.05, 4.69) is 5.32 Å². The second kappa shape index (κ2) is 8.50. The Morgan fingerprint density at radius 3 is 2.31 bits per heavy atom. The second-order valence-electron chi connectivity index (χ2n) is 7.19. The molecule has 1 N–H and O–H groups in total. The molecule has 0 aliphatic carbocycles. The fourth-order valence-electron chi connectivity index (χ4n) is 3.59. The number of thiocarbonyl (C=S) groups is 1. The molecule has 0 bridgehead atoms. The first kappa shape index (κ1) is 22.2. The molecule has 1 aliphatic rings. The van der Waals surface area contributed by atoms with Crippen molar-refractivity contribution in [2.45, 2.75) is 13.8 Å². The molecule has 0 saturated carbocycles. The standard InChI is InChI=1S/C23H16Cl2FN3O2S/c1-12-9-14(13(2)28(12)16-5-3-15(24)4-6-16)10-18-21(30)27-23(32)29(22(18)31)17-7-8-20(26)19(25)11-17/h3-11H,1-2H3,(H,27,30,32)/b18-10-. The highest BCUT2D eigenvalue weighted by molar-refractivity contribution is 7.80. The van der Waals surface area contributed by atoms with E-state index in [1.165, 1.54) is 18.2 Å². The Bertz CT molecular complexity index is 1320. The van der Waals surface area contributed by atoms with E-state index in [0.29, 0.717) is 10.6 Å². The molecule has 0 atom stereocenters. The Hall–Kier alpha value is -3.00. The average Bonchev–Trinajstić information content (AvgIpc) is 3.01. The van der Waals surface area contributed by atoms with Crippen LogP contribution in [0.25, 0.3) is 11.8 Å². The van der Waals surface area contributed by atoms with Crippen LogP contribution in [0.2, 0.25) is 10.0 Å². The molecule has 5 nitrogen and oxygen atoms in total. The van der Waals surface area contributed by atoms with E-state index in [-0.39, 0.29) is 21.4 Å². The number of benzene rings is 2. The molecule has 1 fully saturated rings. The number of nitrogens with one attached hydrogen (secondary N) is 1. The Morgan fingerprint density at radius 1 is 1.00 bits per heavy atom. The highest BCUT2D eigenvalue weighted by Gasteiger charge is 2.35. The summed E-state index contributed by atoms with van der Waals surface area (Å²) in [6.45, 7) is 3.82. The van der Waals surface area contributed by atoms with Crippen molar-refractivity contribution in [1.82, 2.24) is 9.88 Å². The van der Waals surface area contributed by atoms with Gasteiger partial charge < -0.3 is 4.57 Å². The van der Waals surface area contributed by atoms with E-state index in [1.54, 1.807) is 12.1 Å². The fourth-order valence-corrected chi connectivity index (χ4v) is 4.17. The van der Waals surface area contributed by atoms with Crippen LogP contribution >= 0.6 is 35.4 Å². The van der Waals surface area contributed by atoms with E-state index in [4.69, 9.17) is 35.4 Å². The van der Waals surface area contributed by atoms with Crippen molar-refractivity contribution >= 4 is 64.1 Å². The summed E-state index contributed by atoms with van der Waals surface area (Å²) in [5.74, 6) is -1.86. The van der Waals surface area contributed by atoms with Gasteiger partial charge in [-0.1, -0.05) is 23.2 Å². The quantitative estimate of drug-likeness (QED) is 0.307. The van der Waals surface area contributed by atoms with Crippen LogP contribution in [0.4, 0.5) is 10.1 Å². The second-order valence-corrected chi connectivity index (χ2v) is 8.42. The fraction of sp³-hybridized carbons (Fsp3) is 0.0870. The molecular formula is C23H16Cl2FN3O2S. The third-order valence-electron chi connectivity index (χ3n) is 5.12. The molecule has 0 unspecified atom stereocenters. The number of amides is 2. The number of aryl methyl sites for hydroxylation is 1. The van der Waals surface area contributed by atoms with Crippen LogP contribution in [0.15, 0.2) is 54.1 Å². The molecule has 0 spiro atoms. The maximum Gasteiger partial charge on any atom is 0.270 e.